The Morgan fingerprint density at radius 3 is 2.12 bits per heavy atom. The molecule has 2 aromatic heterocycles. The zero-order valence-corrected chi connectivity index (χ0v) is 26.5. The largest absolute Gasteiger partial charge is 0.499 e. The van der Waals surface area contributed by atoms with Crippen molar-refractivity contribution in [2.45, 2.75) is 33.1 Å². The number of fused-ring (bicyclic) bond motifs is 1. The van der Waals surface area contributed by atoms with E-state index in [0.29, 0.717) is 11.4 Å². The number of piperidine rings is 1. The van der Waals surface area contributed by atoms with E-state index in [4.69, 9.17) is 24.3 Å². The summed E-state index contributed by atoms with van der Waals surface area (Å²) in [6.45, 7) is 8.09. The lowest BCUT2D eigenvalue weighted by Gasteiger charge is -2.26. The molecular weight excluding hydrogens is 577 g/mol. The standard InChI is InChI=1S/C29H31NO3S.C5H7BO2S/c1-21-14-19-34-29(21)27-12-6-22-20-25(31-2)11-13-26(22)28(27)33-24-9-7-23(8-10-24)32-18-17-30-15-4-3-5-16-30;1-4-2-3-9-5(4)6(7)8/h6-14,19-20H,3-5,15-18H2,1-2H3;2-3,7-8H,1H3. The predicted octanol–water partition coefficient (Wildman–Crippen LogP) is 7.28. The molecule has 0 saturated carbocycles. The van der Waals surface area contributed by atoms with Crippen LogP contribution in [-0.4, -0.2) is 55.4 Å². The van der Waals surface area contributed by atoms with Gasteiger partial charge < -0.3 is 24.3 Å². The molecular formula is C34H38BNO5S2. The van der Waals surface area contributed by atoms with Gasteiger partial charge in [-0.15, -0.1) is 11.3 Å². The maximum Gasteiger partial charge on any atom is 0.499 e. The Hall–Kier alpha value is -3.34. The third kappa shape index (κ3) is 7.99. The molecule has 6 rings (SSSR count). The number of hydrogen-bond donors (Lipinski definition) is 2. The Morgan fingerprint density at radius 1 is 0.791 bits per heavy atom. The van der Waals surface area contributed by atoms with Crippen LogP contribution in [0.4, 0.5) is 0 Å². The first kappa shape index (κ1) is 31.1. The van der Waals surface area contributed by atoms with Gasteiger partial charge in [-0.3, -0.25) is 4.90 Å². The van der Waals surface area contributed by atoms with Crippen molar-refractivity contribution in [3.63, 3.8) is 0 Å². The predicted molar refractivity (Wildman–Crippen MR) is 180 cm³/mol. The number of likely N-dealkylation sites (tertiary alicyclic amines) is 1. The van der Waals surface area contributed by atoms with Crippen molar-refractivity contribution in [2.24, 2.45) is 0 Å². The molecule has 1 fully saturated rings. The van der Waals surface area contributed by atoms with Crippen LogP contribution in [0.2, 0.25) is 0 Å². The van der Waals surface area contributed by atoms with Gasteiger partial charge in [0.15, 0.2) is 0 Å². The van der Waals surface area contributed by atoms with Gasteiger partial charge in [-0.2, -0.15) is 11.3 Å². The van der Waals surface area contributed by atoms with Crippen molar-refractivity contribution in [1.82, 2.24) is 4.90 Å². The number of aryl methyl sites for hydroxylation is 2. The van der Waals surface area contributed by atoms with Crippen molar-refractivity contribution in [1.29, 1.82) is 0 Å². The minimum absolute atomic E-state index is 0.634. The maximum absolute atomic E-state index is 8.66. The van der Waals surface area contributed by atoms with E-state index in [2.05, 4.69) is 41.5 Å². The van der Waals surface area contributed by atoms with E-state index in [9.17, 15) is 0 Å². The van der Waals surface area contributed by atoms with Crippen molar-refractivity contribution < 1.29 is 24.3 Å². The van der Waals surface area contributed by atoms with Crippen LogP contribution in [-0.2, 0) is 0 Å². The molecule has 6 nitrogen and oxygen atoms in total. The molecule has 0 amide bonds. The zero-order valence-electron chi connectivity index (χ0n) is 24.9. The smallest absolute Gasteiger partial charge is 0.497 e. The Balaban J connectivity index is 0.000000351. The lowest BCUT2D eigenvalue weighted by Crippen LogP contribution is -2.33. The quantitative estimate of drug-likeness (QED) is 0.170. The summed E-state index contributed by atoms with van der Waals surface area (Å²) in [4.78, 5) is 3.72. The molecule has 0 radical (unpaired) electrons. The Morgan fingerprint density at radius 2 is 1.49 bits per heavy atom. The van der Waals surface area contributed by atoms with Gasteiger partial charge in [0.1, 0.15) is 29.6 Å². The van der Waals surface area contributed by atoms with Crippen LogP contribution in [0.25, 0.3) is 21.2 Å². The van der Waals surface area contributed by atoms with Crippen molar-refractivity contribution in [3.05, 3.63) is 88.6 Å². The maximum atomic E-state index is 8.66. The number of nitrogens with zero attached hydrogens (tertiary/aromatic N) is 1. The second kappa shape index (κ2) is 14.9. The first-order valence-corrected chi connectivity index (χ1v) is 16.4. The molecule has 1 aliphatic heterocycles. The van der Waals surface area contributed by atoms with E-state index in [1.54, 1.807) is 18.4 Å². The van der Waals surface area contributed by atoms with Crippen LogP contribution in [0.5, 0.6) is 23.0 Å². The molecule has 9 heteroatoms. The summed E-state index contributed by atoms with van der Waals surface area (Å²) in [7, 11) is 0.392. The van der Waals surface area contributed by atoms with Gasteiger partial charge >= 0.3 is 7.12 Å². The molecule has 43 heavy (non-hydrogen) atoms. The highest BCUT2D eigenvalue weighted by Gasteiger charge is 2.16. The molecule has 2 N–H and O–H groups in total. The van der Waals surface area contributed by atoms with E-state index in [-0.39, 0.29) is 0 Å². The number of rotatable bonds is 9. The minimum Gasteiger partial charge on any atom is -0.497 e. The fourth-order valence-electron chi connectivity index (χ4n) is 5.19. The average molecular weight is 616 g/mol. The topological polar surface area (TPSA) is 71.4 Å². The lowest BCUT2D eigenvalue weighted by molar-refractivity contribution is 0.183. The second-order valence-corrected chi connectivity index (χ2v) is 12.5. The molecule has 5 aromatic rings. The summed E-state index contributed by atoms with van der Waals surface area (Å²) in [5.41, 5.74) is 3.29. The summed E-state index contributed by atoms with van der Waals surface area (Å²) in [5.74, 6) is 3.37. The highest BCUT2D eigenvalue weighted by molar-refractivity contribution is 7.20. The van der Waals surface area contributed by atoms with E-state index < -0.39 is 7.12 Å². The number of methoxy groups -OCH3 is 1. The molecule has 3 aromatic carbocycles. The fraction of sp³-hybridized carbons (Fsp3) is 0.294. The van der Waals surface area contributed by atoms with Gasteiger partial charge in [-0.05, 0) is 128 Å². The Kier molecular flexibility index (Phi) is 10.8. The SMILES string of the molecule is COc1ccc2c(Oc3ccc(OCCN4CCCCC4)cc3)c(-c3sccc3C)ccc2c1.Cc1ccsc1B(O)O. The molecule has 1 saturated heterocycles. The number of benzene rings is 3. The molecule has 1 aliphatic rings. The van der Waals surface area contributed by atoms with Crippen LogP contribution >= 0.6 is 22.7 Å². The van der Waals surface area contributed by atoms with Gasteiger partial charge in [0.05, 0.1) is 7.11 Å². The molecule has 0 spiro atoms. The van der Waals surface area contributed by atoms with Gasteiger partial charge in [0.25, 0.3) is 0 Å². The van der Waals surface area contributed by atoms with Gasteiger partial charge in [-0.1, -0.05) is 12.5 Å². The van der Waals surface area contributed by atoms with E-state index in [0.717, 1.165) is 51.4 Å². The normalized spacial score (nSPS) is 13.3. The summed E-state index contributed by atoms with van der Waals surface area (Å²) in [6.07, 6.45) is 3.97. The number of hydrogen-bond acceptors (Lipinski definition) is 8. The van der Waals surface area contributed by atoms with Crippen LogP contribution in [0, 0.1) is 13.8 Å². The fourth-order valence-corrected chi connectivity index (χ4v) is 6.93. The summed E-state index contributed by atoms with van der Waals surface area (Å²) in [6, 6.07) is 22.4. The number of ether oxygens (including phenoxy) is 3. The first-order chi connectivity index (χ1) is 20.9. The van der Waals surface area contributed by atoms with E-state index in [1.807, 2.05) is 54.8 Å². The molecule has 0 aliphatic carbocycles. The van der Waals surface area contributed by atoms with Crippen LogP contribution < -0.4 is 19.0 Å². The third-order valence-corrected chi connectivity index (χ3v) is 9.70. The monoisotopic (exact) mass is 615 g/mol. The second-order valence-electron chi connectivity index (χ2n) is 10.6. The van der Waals surface area contributed by atoms with Crippen LogP contribution in [0.15, 0.2) is 77.5 Å². The molecule has 224 valence electrons. The van der Waals surface area contributed by atoms with E-state index in [1.165, 1.54) is 54.1 Å². The first-order valence-electron chi connectivity index (χ1n) is 14.6. The van der Waals surface area contributed by atoms with Gasteiger partial charge in [-0.25, -0.2) is 0 Å². The van der Waals surface area contributed by atoms with Crippen molar-refractivity contribution in [2.75, 3.05) is 33.4 Å². The third-order valence-electron chi connectivity index (χ3n) is 7.59. The average Bonchev–Trinajstić information content (AvgIpc) is 3.66. The van der Waals surface area contributed by atoms with Crippen LogP contribution in [0.1, 0.15) is 30.4 Å². The van der Waals surface area contributed by atoms with Gasteiger partial charge in [0, 0.05) is 27.1 Å². The lowest BCUT2D eigenvalue weighted by atomic mass is 9.87. The molecule has 0 atom stereocenters. The zero-order chi connectivity index (χ0) is 30.2. The summed E-state index contributed by atoms with van der Waals surface area (Å²) in [5, 5.41) is 23.4. The summed E-state index contributed by atoms with van der Waals surface area (Å²) < 4.78 is 18.6. The van der Waals surface area contributed by atoms with Gasteiger partial charge in [0.2, 0.25) is 0 Å². The Labute approximate surface area is 262 Å². The Bertz CT molecular complexity index is 1610. The minimum atomic E-state index is -1.30. The highest BCUT2D eigenvalue weighted by atomic mass is 32.1. The van der Waals surface area contributed by atoms with Crippen molar-refractivity contribution in [3.8, 4) is 33.4 Å². The van der Waals surface area contributed by atoms with E-state index >= 15 is 0 Å². The van der Waals surface area contributed by atoms with Crippen molar-refractivity contribution >= 4 is 45.3 Å². The van der Waals surface area contributed by atoms with Crippen LogP contribution in [0.3, 0.4) is 0 Å². The molecule has 3 heterocycles. The molecule has 0 unspecified atom stereocenters. The summed E-state index contributed by atoms with van der Waals surface area (Å²) >= 11 is 3.10. The highest BCUT2D eigenvalue weighted by Crippen LogP contribution is 2.43. The molecule has 0 bridgehead atoms. The number of thiophene rings is 2.